The fraction of sp³-hybridized carbons (Fsp3) is 0.762. The van der Waals surface area contributed by atoms with Crippen LogP contribution in [-0.2, 0) is 6.42 Å². The molecule has 0 spiro atoms. The fourth-order valence-corrected chi connectivity index (χ4v) is 25.0. The standard InChI is InChI=1S/C9H10NO2S.3C4H9.Sn/c11-9(12)10-7-3-1-2-6-4-5-13-8(6)7;3*1-3-4-2;/h4,7,10H,1-3H2,(H,11,12);3*1,3-4H2,2H3;. The summed E-state index contributed by atoms with van der Waals surface area (Å²) in [7, 11) is 0. The maximum atomic E-state index is 11.2. The van der Waals surface area contributed by atoms with E-state index in [9.17, 15) is 9.90 Å². The minimum atomic E-state index is -2.39. The van der Waals surface area contributed by atoms with Gasteiger partial charge in [-0.15, -0.1) is 0 Å². The number of amides is 1. The van der Waals surface area contributed by atoms with E-state index in [1.807, 2.05) is 11.3 Å². The van der Waals surface area contributed by atoms with Crippen molar-refractivity contribution in [2.75, 3.05) is 0 Å². The Hall–Kier alpha value is -0.231. The summed E-state index contributed by atoms with van der Waals surface area (Å²) < 4.78 is 6.21. The van der Waals surface area contributed by atoms with Crippen LogP contribution in [0.25, 0.3) is 0 Å². The van der Waals surface area contributed by atoms with Gasteiger partial charge in [0.25, 0.3) is 0 Å². The number of rotatable bonds is 11. The van der Waals surface area contributed by atoms with Crippen molar-refractivity contribution in [2.24, 2.45) is 0 Å². The van der Waals surface area contributed by atoms with Crippen LogP contribution in [0.5, 0.6) is 0 Å². The molecule has 0 saturated carbocycles. The summed E-state index contributed by atoms with van der Waals surface area (Å²) in [6.45, 7) is 6.97. The molecule has 0 aliphatic heterocycles. The van der Waals surface area contributed by atoms with Crippen molar-refractivity contribution in [3.63, 3.8) is 0 Å². The van der Waals surface area contributed by atoms with Gasteiger partial charge in [0.15, 0.2) is 0 Å². The number of nitrogens with one attached hydrogen (secondary N) is 1. The average Bonchev–Trinajstić information content (AvgIpc) is 3.07. The summed E-state index contributed by atoms with van der Waals surface area (Å²) in [6, 6.07) is 2.58. The Bertz CT molecular complexity index is 551. The molecule has 0 bridgehead atoms. The van der Waals surface area contributed by atoms with E-state index in [-0.39, 0.29) is 6.04 Å². The van der Waals surface area contributed by atoms with Crippen LogP contribution in [-0.4, -0.2) is 29.6 Å². The van der Waals surface area contributed by atoms with Crippen LogP contribution < -0.4 is 8.21 Å². The van der Waals surface area contributed by atoms with E-state index in [2.05, 4.69) is 32.2 Å². The van der Waals surface area contributed by atoms with E-state index in [1.165, 1.54) is 62.3 Å². The normalized spacial score (nSPS) is 17.1. The van der Waals surface area contributed by atoms with Gasteiger partial charge in [-0.3, -0.25) is 0 Å². The minimum absolute atomic E-state index is 0.0301. The van der Waals surface area contributed by atoms with Crippen molar-refractivity contribution in [3.8, 4) is 0 Å². The van der Waals surface area contributed by atoms with E-state index in [0.717, 1.165) is 19.3 Å². The van der Waals surface area contributed by atoms with E-state index in [1.54, 1.807) is 2.89 Å². The van der Waals surface area contributed by atoms with Crippen molar-refractivity contribution < 1.29 is 9.90 Å². The molecule has 0 aromatic carbocycles. The number of aryl methyl sites for hydroxylation is 1. The predicted octanol–water partition coefficient (Wildman–Crippen LogP) is 6.45. The monoisotopic (exact) mass is 487 g/mol. The fourth-order valence-electron chi connectivity index (χ4n) is 4.40. The van der Waals surface area contributed by atoms with E-state index < -0.39 is 24.5 Å². The Labute approximate surface area is 167 Å². The molecular formula is C21H37NO2SSn. The van der Waals surface area contributed by atoms with Gasteiger partial charge in [-0.2, -0.15) is 0 Å². The van der Waals surface area contributed by atoms with Crippen LogP contribution in [0.3, 0.4) is 0 Å². The third-order valence-electron chi connectivity index (χ3n) is 5.94. The maximum absolute atomic E-state index is 11.2. The molecule has 3 nitrogen and oxygen atoms in total. The van der Waals surface area contributed by atoms with Crippen molar-refractivity contribution in [3.05, 3.63) is 16.5 Å². The molecule has 1 aromatic heterocycles. The van der Waals surface area contributed by atoms with Gasteiger partial charge in [0.2, 0.25) is 0 Å². The second kappa shape index (κ2) is 10.9. The number of carbonyl (C=O) groups is 1. The molecule has 26 heavy (non-hydrogen) atoms. The predicted molar refractivity (Wildman–Crippen MR) is 116 cm³/mol. The second-order valence-electron chi connectivity index (χ2n) is 7.99. The summed E-state index contributed by atoms with van der Waals surface area (Å²) in [6.07, 6.45) is 10.4. The molecule has 0 saturated heterocycles. The van der Waals surface area contributed by atoms with Crippen molar-refractivity contribution in [2.45, 2.75) is 97.9 Å². The summed E-state index contributed by atoms with van der Waals surface area (Å²) in [4.78, 5) is 12.6. The van der Waals surface area contributed by atoms with Gasteiger partial charge in [-0.25, -0.2) is 0 Å². The Kier molecular flexibility index (Phi) is 9.28. The van der Waals surface area contributed by atoms with Crippen LogP contribution in [0.1, 0.15) is 88.6 Å². The quantitative estimate of drug-likeness (QED) is 0.354. The van der Waals surface area contributed by atoms with Gasteiger partial charge in [-0.1, -0.05) is 0 Å². The van der Waals surface area contributed by atoms with E-state index >= 15 is 0 Å². The number of unbranched alkanes of at least 4 members (excludes halogenated alkanes) is 3. The second-order valence-corrected chi connectivity index (χ2v) is 23.2. The summed E-state index contributed by atoms with van der Waals surface area (Å²) >= 11 is -0.376. The van der Waals surface area contributed by atoms with Gasteiger partial charge < -0.3 is 0 Å². The number of thiophene rings is 1. The first-order valence-electron chi connectivity index (χ1n) is 10.7. The Morgan fingerprint density at radius 1 is 1.15 bits per heavy atom. The van der Waals surface area contributed by atoms with Crippen molar-refractivity contribution in [1.29, 1.82) is 0 Å². The Morgan fingerprint density at radius 2 is 1.73 bits per heavy atom. The van der Waals surface area contributed by atoms with Crippen molar-refractivity contribution in [1.82, 2.24) is 5.32 Å². The number of hydrogen-bond acceptors (Lipinski definition) is 2. The first-order chi connectivity index (χ1) is 12.6. The summed E-state index contributed by atoms with van der Waals surface area (Å²) in [5.41, 5.74) is 1.46. The van der Waals surface area contributed by atoms with Crippen LogP contribution in [0, 0.1) is 0 Å². The van der Waals surface area contributed by atoms with Crippen molar-refractivity contribution >= 4 is 38.7 Å². The molecule has 1 amide bonds. The van der Waals surface area contributed by atoms with Crippen LogP contribution >= 0.6 is 11.3 Å². The molecule has 0 fully saturated rings. The number of fused-ring (bicyclic) bond motifs is 1. The first kappa shape index (κ1) is 22.1. The van der Waals surface area contributed by atoms with Crippen LogP contribution in [0.15, 0.2) is 6.07 Å². The topological polar surface area (TPSA) is 49.3 Å². The van der Waals surface area contributed by atoms with Gasteiger partial charge in [-0.05, 0) is 0 Å². The van der Waals surface area contributed by atoms with Gasteiger partial charge in [0.05, 0.1) is 0 Å². The number of hydrogen-bond donors (Lipinski definition) is 2. The first-order valence-corrected chi connectivity index (χ1v) is 19.0. The molecule has 1 aliphatic carbocycles. The van der Waals surface area contributed by atoms with Gasteiger partial charge >= 0.3 is 168 Å². The Balaban J connectivity index is 2.36. The molecule has 1 atom stereocenters. The molecule has 5 heteroatoms. The Morgan fingerprint density at radius 3 is 2.23 bits per heavy atom. The molecule has 148 valence electrons. The van der Waals surface area contributed by atoms with Crippen LogP contribution in [0.4, 0.5) is 4.79 Å². The SMILES string of the molecule is CCC[CH2][Sn]([CH2]CCC)([CH2]CCC)[c]1cc2c(s1)C(NC(=O)O)CCC2. The number of carboxylic acid groups (broad SMARTS) is 1. The molecule has 1 aliphatic rings. The zero-order chi connectivity index (χ0) is 19.0. The zero-order valence-electron chi connectivity index (χ0n) is 16.9. The zero-order valence-corrected chi connectivity index (χ0v) is 20.6. The van der Waals surface area contributed by atoms with Gasteiger partial charge in [0.1, 0.15) is 0 Å². The molecule has 1 unspecified atom stereocenters. The molecule has 2 rings (SSSR count). The molecule has 1 aromatic rings. The average molecular weight is 486 g/mol. The molecular weight excluding hydrogens is 449 g/mol. The van der Waals surface area contributed by atoms with Gasteiger partial charge in [0, 0.05) is 0 Å². The van der Waals surface area contributed by atoms with Crippen LogP contribution in [0.2, 0.25) is 13.3 Å². The molecule has 2 N–H and O–H groups in total. The van der Waals surface area contributed by atoms with E-state index in [0.29, 0.717) is 0 Å². The molecule has 0 radical (unpaired) electrons. The third kappa shape index (κ3) is 5.63. The third-order valence-corrected chi connectivity index (χ3v) is 25.4. The summed E-state index contributed by atoms with van der Waals surface area (Å²) in [5, 5.41) is 12.0. The van der Waals surface area contributed by atoms with E-state index in [4.69, 9.17) is 0 Å². The summed E-state index contributed by atoms with van der Waals surface area (Å²) in [5.74, 6) is 0. The molecule has 1 heterocycles.